The minimum Gasteiger partial charge on any atom is -0.393 e. The van der Waals surface area contributed by atoms with Crippen LogP contribution in [0.5, 0.6) is 0 Å². The summed E-state index contributed by atoms with van der Waals surface area (Å²) in [6.07, 6.45) is 1.52. The molecule has 4 nitrogen and oxygen atoms in total. The van der Waals surface area contributed by atoms with Gasteiger partial charge >= 0.3 is 0 Å². The minimum atomic E-state index is -0.729. The second-order valence-electron chi connectivity index (χ2n) is 4.06. The van der Waals surface area contributed by atoms with Crippen LogP contribution in [-0.4, -0.2) is 35.6 Å². The maximum absolute atomic E-state index is 11.7. The van der Waals surface area contributed by atoms with Crippen molar-refractivity contribution in [3.8, 4) is 6.07 Å². The van der Waals surface area contributed by atoms with E-state index in [0.717, 1.165) is 0 Å². The van der Waals surface area contributed by atoms with E-state index in [9.17, 15) is 4.79 Å². The molecule has 0 aromatic carbocycles. The summed E-state index contributed by atoms with van der Waals surface area (Å²) >= 11 is 0. The first kappa shape index (κ1) is 11.0. The second kappa shape index (κ2) is 3.97. The number of rotatable bonds is 4. The standard InChI is InChI=1S/C10H16N2O2/c1-8(13)3-6-12(2)9(14)10(7-11)4-5-10/h8,13H,3-6H2,1-2H3. The molecule has 1 fully saturated rings. The van der Waals surface area contributed by atoms with Gasteiger partial charge in [0.2, 0.25) is 5.91 Å². The molecular formula is C10H16N2O2. The van der Waals surface area contributed by atoms with Gasteiger partial charge < -0.3 is 10.0 Å². The Morgan fingerprint density at radius 2 is 2.29 bits per heavy atom. The van der Waals surface area contributed by atoms with E-state index in [0.29, 0.717) is 25.8 Å². The van der Waals surface area contributed by atoms with Gasteiger partial charge in [0.05, 0.1) is 12.2 Å². The first-order chi connectivity index (χ1) is 6.52. The fourth-order valence-corrected chi connectivity index (χ4v) is 1.35. The zero-order valence-corrected chi connectivity index (χ0v) is 8.66. The van der Waals surface area contributed by atoms with Crippen LogP contribution in [0.3, 0.4) is 0 Å². The van der Waals surface area contributed by atoms with Crippen molar-refractivity contribution in [2.24, 2.45) is 5.41 Å². The normalized spacial score (nSPS) is 19.6. The van der Waals surface area contributed by atoms with Gasteiger partial charge in [0.1, 0.15) is 5.41 Å². The summed E-state index contributed by atoms with van der Waals surface area (Å²) in [5, 5.41) is 17.9. The Kier molecular flexibility index (Phi) is 3.12. The molecule has 0 saturated heterocycles. The molecule has 1 amide bonds. The highest BCUT2D eigenvalue weighted by Gasteiger charge is 2.51. The van der Waals surface area contributed by atoms with Gasteiger partial charge in [-0.3, -0.25) is 4.79 Å². The van der Waals surface area contributed by atoms with E-state index < -0.39 is 11.5 Å². The SMILES string of the molecule is CC(O)CCN(C)C(=O)C1(C#N)CC1. The highest BCUT2D eigenvalue weighted by Crippen LogP contribution is 2.46. The Balaban J connectivity index is 2.42. The third-order valence-corrected chi connectivity index (χ3v) is 2.60. The first-order valence-electron chi connectivity index (χ1n) is 4.87. The fraction of sp³-hybridized carbons (Fsp3) is 0.800. The zero-order chi connectivity index (χ0) is 10.8. The number of aliphatic hydroxyl groups is 1. The molecule has 1 aliphatic carbocycles. The molecule has 1 atom stereocenters. The monoisotopic (exact) mass is 196 g/mol. The predicted molar refractivity (Wildman–Crippen MR) is 51.2 cm³/mol. The van der Waals surface area contributed by atoms with E-state index in [2.05, 4.69) is 6.07 Å². The molecule has 0 radical (unpaired) electrons. The third-order valence-electron chi connectivity index (χ3n) is 2.60. The number of nitrogens with zero attached hydrogens (tertiary/aromatic N) is 2. The lowest BCUT2D eigenvalue weighted by atomic mass is 10.1. The van der Waals surface area contributed by atoms with Crippen LogP contribution in [0.2, 0.25) is 0 Å². The van der Waals surface area contributed by atoms with Crippen molar-refractivity contribution in [1.82, 2.24) is 4.90 Å². The maximum Gasteiger partial charge on any atom is 0.242 e. The molecule has 0 aliphatic heterocycles. The van der Waals surface area contributed by atoms with Crippen LogP contribution in [0.1, 0.15) is 26.2 Å². The summed E-state index contributed by atoms with van der Waals surface area (Å²) in [5.74, 6) is -0.0966. The molecule has 1 aliphatic rings. The van der Waals surface area contributed by atoms with E-state index in [4.69, 9.17) is 10.4 Å². The van der Waals surface area contributed by atoms with Crippen LogP contribution in [0, 0.1) is 16.7 Å². The van der Waals surface area contributed by atoms with Crippen molar-refractivity contribution in [3.05, 3.63) is 0 Å². The van der Waals surface area contributed by atoms with E-state index in [1.54, 1.807) is 18.9 Å². The number of carbonyl (C=O) groups is 1. The first-order valence-corrected chi connectivity index (χ1v) is 4.87. The molecule has 0 heterocycles. The molecule has 1 N–H and O–H groups in total. The van der Waals surface area contributed by atoms with E-state index in [1.165, 1.54) is 0 Å². The Hall–Kier alpha value is -1.08. The minimum absolute atomic E-state index is 0.0966. The van der Waals surface area contributed by atoms with Crippen molar-refractivity contribution < 1.29 is 9.90 Å². The summed E-state index contributed by atoms with van der Waals surface area (Å²) in [5.41, 5.74) is -0.729. The lowest BCUT2D eigenvalue weighted by molar-refractivity contribution is -0.133. The third kappa shape index (κ3) is 2.24. The van der Waals surface area contributed by atoms with Crippen molar-refractivity contribution in [2.45, 2.75) is 32.3 Å². The van der Waals surface area contributed by atoms with Crippen molar-refractivity contribution in [1.29, 1.82) is 5.26 Å². The molecule has 0 aromatic rings. The highest BCUT2D eigenvalue weighted by atomic mass is 16.3. The van der Waals surface area contributed by atoms with Crippen LogP contribution in [0.15, 0.2) is 0 Å². The lowest BCUT2D eigenvalue weighted by Gasteiger charge is -2.20. The lowest BCUT2D eigenvalue weighted by Crippen LogP contribution is -2.35. The summed E-state index contributed by atoms with van der Waals surface area (Å²) in [6.45, 7) is 2.20. The summed E-state index contributed by atoms with van der Waals surface area (Å²) in [7, 11) is 1.68. The molecule has 1 saturated carbocycles. The van der Waals surface area contributed by atoms with Crippen LogP contribution in [-0.2, 0) is 4.79 Å². The fourth-order valence-electron chi connectivity index (χ4n) is 1.35. The van der Waals surface area contributed by atoms with Gasteiger partial charge in [-0.2, -0.15) is 5.26 Å². The van der Waals surface area contributed by atoms with Crippen molar-refractivity contribution in [2.75, 3.05) is 13.6 Å². The number of hydrogen-bond acceptors (Lipinski definition) is 3. The van der Waals surface area contributed by atoms with Crippen LogP contribution >= 0.6 is 0 Å². The number of carbonyl (C=O) groups excluding carboxylic acids is 1. The van der Waals surface area contributed by atoms with E-state index in [-0.39, 0.29) is 5.91 Å². The summed E-state index contributed by atoms with van der Waals surface area (Å²) in [6, 6.07) is 2.07. The van der Waals surface area contributed by atoms with Gasteiger partial charge in [-0.05, 0) is 26.2 Å². The molecule has 4 heteroatoms. The Morgan fingerprint density at radius 1 is 1.71 bits per heavy atom. The van der Waals surface area contributed by atoms with Crippen LogP contribution in [0.4, 0.5) is 0 Å². The maximum atomic E-state index is 11.7. The average Bonchev–Trinajstić information content (AvgIpc) is 2.93. The molecule has 0 bridgehead atoms. The molecule has 78 valence electrons. The number of hydrogen-bond donors (Lipinski definition) is 1. The Labute approximate surface area is 84.1 Å². The van der Waals surface area contributed by atoms with Gasteiger partial charge in [0, 0.05) is 13.6 Å². The largest absolute Gasteiger partial charge is 0.393 e. The highest BCUT2D eigenvalue weighted by molar-refractivity contribution is 5.88. The Bertz CT molecular complexity index is 264. The summed E-state index contributed by atoms with van der Waals surface area (Å²) in [4.78, 5) is 13.2. The number of aliphatic hydroxyl groups excluding tert-OH is 1. The van der Waals surface area contributed by atoms with Crippen molar-refractivity contribution in [3.63, 3.8) is 0 Å². The van der Waals surface area contributed by atoms with Crippen LogP contribution < -0.4 is 0 Å². The molecule has 0 spiro atoms. The molecule has 0 aromatic heterocycles. The van der Waals surface area contributed by atoms with Crippen LogP contribution in [0.25, 0.3) is 0 Å². The smallest absolute Gasteiger partial charge is 0.242 e. The predicted octanol–water partition coefficient (Wildman–Crippen LogP) is 0.519. The summed E-state index contributed by atoms with van der Waals surface area (Å²) < 4.78 is 0. The Morgan fingerprint density at radius 3 is 2.64 bits per heavy atom. The van der Waals surface area contributed by atoms with Gasteiger partial charge in [0.25, 0.3) is 0 Å². The number of nitriles is 1. The molecule has 1 rings (SSSR count). The van der Waals surface area contributed by atoms with Gasteiger partial charge in [-0.1, -0.05) is 0 Å². The molecule has 1 unspecified atom stereocenters. The van der Waals surface area contributed by atoms with E-state index in [1.807, 2.05) is 0 Å². The number of amides is 1. The zero-order valence-electron chi connectivity index (χ0n) is 8.66. The van der Waals surface area contributed by atoms with Gasteiger partial charge in [-0.25, -0.2) is 0 Å². The van der Waals surface area contributed by atoms with Gasteiger partial charge in [0.15, 0.2) is 0 Å². The molecule has 14 heavy (non-hydrogen) atoms. The van der Waals surface area contributed by atoms with Gasteiger partial charge in [-0.15, -0.1) is 0 Å². The van der Waals surface area contributed by atoms with Crippen molar-refractivity contribution >= 4 is 5.91 Å². The second-order valence-corrected chi connectivity index (χ2v) is 4.06. The topological polar surface area (TPSA) is 64.3 Å². The van der Waals surface area contributed by atoms with E-state index >= 15 is 0 Å². The quantitative estimate of drug-likeness (QED) is 0.713. The average molecular weight is 196 g/mol. The molecular weight excluding hydrogens is 180 g/mol.